The first-order chi connectivity index (χ1) is 6.66. The SMILES string of the molecule is CC(C)CS(=O)(=O)N(C)CC(C)C(=O)O. The highest BCUT2D eigenvalue weighted by Crippen LogP contribution is 2.08. The zero-order valence-electron chi connectivity index (χ0n) is 9.60. The van der Waals surface area contributed by atoms with Crippen molar-refractivity contribution in [2.24, 2.45) is 11.8 Å². The van der Waals surface area contributed by atoms with Gasteiger partial charge in [-0.1, -0.05) is 20.8 Å². The number of rotatable bonds is 6. The monoisotopic (exact) mass is 237 g/mol. The Kier molecular flexibility index (Phi) is 5.23. The molecule has 0 fully saturated rings. The van der Waals surface area contributed by atoms with Gasteiger partial charge in [0.05, 0.1) is 11.7 Å². The zero-order chi connectivity index (χ0) is 12.2. The molecular formula is C9H19NO4S. The molecule has 1 unspecified atom stereocenters. The van der Waals surface area contributed by atoms with E-state index >= 15 is 0 Å². The molecule has 0 spiro atoms. The van der Waals surface area contributed by atoms with E-state index in [-0.39, 0.29) is 18.2 Å². The number of carboxylic acid groups (broad SMARTS) is 1. The maximum Gasteiger partial charge on any atom is 0.307 e. The molecule has 1 N–H and O–H groups in total. The first-order valence-corrected chi connectivity index (χ1v) is 6.44. The number of hydrogen-bond acceptors (Lipinski definition) is 3. The van der Waals surface area contributed by atoms with Gasteiger partial charge < -0.3 is 5.11 Å². The molecule has 0 radical (unpaired) electrons. The predicted octanol–water partition coefficient (Wildman–Crippen LogP) is 0.625. The van der Waals surface area contributed by atoms with Crippen molar-refractivity contribution in [2.75, 3.05) is 19.3 Å². The van der Waals surface area contributed by atoms with E-state index in [4.69, 9.17) is 5.11 Å². The van der Waals surface area contributed by atoms with Gasteiger partial charge in [-0.2, -0.15) is 0 Å². The van der Waals surface area contributed by atoms with Crippen LogP contribution in [0.2, 0.25) is 0 Å². The molecule has 0 saturated carbocycles. The summed E-state index contributed by atoms with van der Waals surface area (Å²) in [6, 6.07) is 0. The molecule has 0 aliphatic carbocycles. The second kappa shape index (κ2) is 5.46. The van der Waals surface area contributed by atoms with Gasteiger partial charge in [-0.3, -0.25) is 4.79 Å². The lowest BCUT2D eigenvalue weighted by molar-refractivity contribution is -0.141. The third kappa shape index (κ3) is 5.13. The minimum absolute atomic E-state index is 0.0182. The smallest absolute Gasteiger partial charge is 0.307 e. The van der Waals surface area contributed by atoms with Crippen molar-refractivity contribution in [3.8, 4) is 0 Å². The first kappa shape index (κ1) is 14.4. The van der Waals surface area contributed by atoms with Crippen LogP contribution < -0.4 is 0 Å². The van der Waals surface area contributed by atoms with Crippen LogP contribution >= 0.6 is 0 Å². The minimum Gasteiger partial charge on any atom is -0.481 e. The maximum atomic E-state index is 11.6. The number of nitrogens with zero attached hydrogens (tertiary/aromatic N) is 1. The Bertz CT molecular complexity index is 310. The van der Waals surface area contributed by atoms with Crippen LogP contribution in [0.25, 0.3) is 0 Å². The van der Waals surface area contributed by atoms with Crippen LogP contribution in [-0.2, 0) is 14.8 Å². The Balaban J connectivity index is 4.44. The number of carbonyl (C=O) groups is 1. The Morgan fingerprint density at radius 1 is 1.33 bits per heavy atom. The summed E-state index contributed by atoms with van der Waals surface area (Å²) in [7, 11) is -1.90. The molecule has 0 aliphatic heterocycles. The average Bonchev–Trinajstić information content (AvgIpc) is 2.01. The number of aliphatic carboxylic acids is 1. The predicted molar refractivity (Wildman–Crippen MR) is 58.1 cm³/mol. The summed E-state index contributed by atoms with van der Waals surface area (Å²) in [5.74, 6) is -1.58. The zero-order valence-corrected chi connectivity index (χ0v) is 10.4. The summed E-state index contributed by atoms with van der Waals surface area (Å²) in [6.45, 7) is 5.13. The molecule has 5 nitrogen and oxygen atoms in total. The highest BCUT2D eigenvalue weighted by Gasteiger charge is 2.23. The average molecular weight is 237 g/mol. The highest BCUT2D eigenvalue weighted by atomic mass is 32.2. The van der Waals surface area contributed by atoms with Gasteiger partial charge >= 0.3 is 5.97 Å². The van der Waals surface area contributed by atoms with Gasteiger partial charge in [-0.15, -0.1) is 0 Å². The molecule has 0 aromatic heterocycles. The molecule has 6 heteroatoms. The lowest BCUT2D eigenvalue weighted by atomic mass is 10.2. The molecule has 0 rings (SSSR count). The van der Waals surface area contributed by atoms with Crippen molar-refractivity contribution in [3.05, 3.63) is 0 Å². The van der Waals surface area contributed by atoms with Crippen molar-refractivity contribution in [1.29, 1.82) is 0 Å². The van der Waals surface area contributed by atoms with Crippen LogP contribution in [0.15, 0.2) is 0 Å². The Hall–Kier alpha value is -0.620. The van der Waals surface area contributed by atoms with E-state index in [1.165, 1.54) is 14.0 Å². The normalized spacial score (nSPS) is 14.5. The van der Waals surface area contributed by atoms with Crippen molar-refractivity contribution < 1.29 is 18.3 Å². The summed E-state index contributed by atoms with van der Waals surface area (Å²) < 4.78 is 24.4. The summed E-state index contributed by atoms with van der Waals surface area (Å²) in [6.07, 6.45) is 0. The summed E-state index contributed by atoms with van der Waals surface area (Å²) in [4.78, 5) is 10.6. The largest absolute Gasteiger partial charge is 0.481 e. The molecule has 0 aromatic carbocycles. The summed E-state index contributed by atoms with van der Waals surface area (Å²) >= 11 is 0. The fourth-order valence-electron chi connectivity index (χ4n) is 1.13. The lowest BCUT2D eigenvalue weighted by Gasteiger charge is -2.20. The summed E-state index contributed by atoms with van der Waals surface area (Å²) in [5, 5.41) is 8.66. The molecule has 15 heavy (non-hydrogen) atoms. The Labute approximate surface area is 91.1 Å². The third-order valence-corrected chi connectivity index (χ3v) is 4.16. The standard InChI is InChI=1S/C9H19NO4S/c1-7(2)6-15(13,14)10(4)5-8(3)9(11)12/h7-8H,5-6H2,1-4H3,(H,11,12). The van der Waals surface area contributed by atoms with E-state index in [9.17, 15) is 13.2 Å². The molecule has 0 heterocycles. The van der Waals surface area contributed by atoms with E-state index in [1.807, 2.05) is 13.8 Å². The molecule has 0 bridgehead atoms. The van der Waals surface area contributed by atoms with Crippen LogP contribution in [0, 0.1) is 11.8 Å². The van der Waals surface area contributed by atoms with Gasteiger partial charge in [-0.25, -0.2) is 12.7 Å². The molecule has 90 valence electrons. The third-order valence-electron chi connectivity index (χ3n) is 1.97. The summed E-state index contributed by atoms with van der Waals surface area (Å²) in [5.41, 5.74) is 0. The van der Waals surface area contributed by atoms with E-state index in [0.29, 0.717) is 0 Å². The van der Waals surface area contributed by atoms with Crippen LogP contribution in [-0.4, -0.2) is 43.1 Å². The molecule has 0 saturated heterocycles. The highest BCUT2D eigenvalue weighted by molar-refractivity contribution is 7.89. The van der Waals surface area contributed by atoms with Crippen LogP contribution in [0.5, 0.6) is 0 Å². The number of carboxylic acids is 1. The molecule has 0 aliphatic rings. The van der Waals surface area contributed by atoms with E-state index < -0.39 is 21.9 Å². The Morgan fingerprint density at radius 2 is 1.80 bits per heavy atom. The van der Waals surface area contributed by atoms with Gasteiger partial charge in [0.25, 0.3) is 0 Å². The first-order valence-electron chi connectivity index (χ1n) is 4.83. The molecule has 1 atom stereocenters. The molecule has 0 amide bonds. The number of hydrogen-bond donors (Lipinski definition) is 1. The van der Waals surface area contributed by atoms with Crippen molar-refractivity contribution in [2.45, 2.75) is 20.8 Å². The minimum atomic E-state index is -3.32. The van der Waals surface area contributed by atoms with Crippen LogP contribution in [0.4, 0.5) is 0 Å². The van der Waals surface area contributed by atoms with Gasteiger partial charge in [0.1, 0.15) is 0 Å². The quantitative estimate of drug-likeness (QED) is 0.735. The van der Waals surface area contributed by atoms with Gasteiger partial charge in [0.2, 0.25) is 10.0 Å². The van der Waals surface area contributed by atoms with E-state index in [0.717, 1.165) is 4.31 Å². The fraction of sp³-hybridized carbons (Fsp3) is 0.889. The van der Waals surface area contributed by atoms with Crippen molar-refractivity contribution in [3.63, 3.8) is 0 Å². The second-order valence-corrected chi connectivity index (χ2v) is 6.31. The van der Waals surface area contributed by atoms with Gasteiger partial charge in [-0.05, 0) is 5.92 Å². The fourth-order valence-corrected chi connectivity index (χ4v) is 2.67. The van der Waals surface area contributed by atoms with Crippen molar-refractivity contribution in [1.82, 2.24) is 4.31 Å². The molecule has 0 aromatic rings. The topological polar surface area (TPSA) is 74.7 Å². The second-order valence-electron chi connectivity index (χ2n) is 4.19. The van der Waals surface area contributed by atoms with Gasteiger partial charge in [0.15, 0.2) is 0 Å². The van der Waals surface area contributed by atoms with Gasteiger partial charge in [0, 0.05) is 13.6 Å². The Morgan fingerprint density at radius 3 is 2.13 bits per heavy atom. The maximum absolute atomic E-state index is 11.6. The van der Waals surface area contributed by atoms with Crippen LogP contribution in [0.3, 0.4) is 0 Å². The number of sulfonamides is 1. The van der Waals surface area contributed by atoms with Crippen molar-refractivity contribution >= 4 is 16.0 Å². The lowest BCUT2D eigenvalue weighted by Crippen LogP contribution is -2.36. The van der Waals surface area contributed by atoms with E-state index in [2.05, 4.69) is 0 Å². The van der Waals surface area contributed by atoms with E-state index in [1.54, 1.807) is 0 Å². The van der Waals surface area contributed by atoms with Crippen LogP contribution in [0.1, 0.15) is 20.8 Å². The molecular weight excluding hydrogens is 218 g/mol.